The van der Waals surface area contributed by atoms with E-state index in [2.05, 4.69) is 18.7 Å². The lowest BCUT2D eigenvalue weighted by atomic mass is 9.93. The number of para-hydroxylation sites is 1. The van der Waals surface area contributed by atoms with Gasteiger partial charge in [0.05, 0.1) is 5.02 Å². The Bertz CT molecular complexity index is 313. The number of rotatable bonds is 7. The second-order valence-corrected chi connectivity index (χ2v) is 4.78. The predicted octanol–water partition coefficient (Wildman–Crippen LogP) is 3.54. The van der Waals surface area contributed by atoms with E-state index in [1.165, 1.54) is 25.7 Å². The molecule has 92 valence electrons. The second-order valence-electron chi connectivity index (χ2n) is 4.37. The SMILES string of the molecule is [B]c1cccc(Cl)c1N(CCCC)CCCC. The minimum atomic E-state index is 0.761. The molecule has 0 aliphatic heterocycles. The zero-order chi connectivity index (χ0) is 12.7. The lowest BCUT2D eigenvalue weighted by Gasteiger charge is -2.27. The zero-order valence-electron chi connectivity index (χ0n) is 10.9. The lowest BCUT2D eigenvalue weighted by molar-refractivity contribution is 0.679. The normalized spacial score (nSPS) is 10.5. The van der Waals surface area contributed by atoms with E-state index in [0.29, 0.717) is 0 Å². The first kappa shape index (κ1) is 14.4. The summed E-state index contributed by atoms with van der Waals surface area (Å²) in [6, 6.07) is 5.74. The first-order valence-electron chi connectivity index (χ1n) is 6.49. The quantitative estimate of drug-likeness (QED) is 0.668. The molecule has 0 aromatic heterocycles. The van der Waals surface area contributed by atoms with Gasteiger partial charge < -0.3 is 4.90 Å². The van der Waals surface area contributed by atoms with Crippen LogP contribution in [0.5, 0.6) is 0 Å². The van der Waals surface area contributed by atoms with Crippen LogP contribution in [0.4, 0.5) is 5.69 Å². The molecule has 0 N–H and O–H groups in total. The Morgan fingerprint density at radius 1 is 1.12 bits per heavy atom. The molecule has 3 heteroatoms. The van der Waals surface area contributed by atoms with Crippen LogP contribution in [0.25, 0.3) is 0 Å². The van der Waals surface area contributed by atoms with E-state index in [9.17, 15) is 0 Å². The Morgan fingerprint density at radius 2 is 1.71 bits per heavy atom. The van der Waals surface area contributed by atoms with Gasteiger partial charge in [-0.1, -0.05) is 55.9 Å². The van der Waals surface area contributed by atoms with Crippen LogP contribution in [0.2, 0.25) is 5.02 Å². The maximum absolute atomic E-state index is 6.26. The van der Waals surface area contributed by atoms with E-state index in [1.54, 1.807) is 0 Å². The maximum atomic E-state index is 6.26. The molecule has 0 bridgehead atoms. The van der Waals surface area contributed by atoms with Gasteiger partial charge in [-0.05, 0) is 18.9 Å². The summed E-state index contributed by atoms with van der Waals surface area (Å²) in [7, 11) is 6.04. The van der Waals surface area contributed by atoms with Crippen LogP contribution in [0.3, 0.4) is 0 Å². The molecule has 0 aliphatic rings. The van der Waals surface area contributed by atoms with Crippen molar-refractivity contribution in [1.29, 1.82) is 0 Å². The standard InChI is InChI=1S/C14H21BClN/c1-3-5-10-17(11-6-4-2)14-12(15)8-7-9-13(14)16/h7-9H,3-6,10-11H2,1-2H3. The highest BCUT2D eigenvalue weighted by atomic mass is 35.5. The molecule has 0 amide bonds. The Balaban J connectivity index is 2.86. The Kier molecular flexibility index (Phi) is 6.50. The van der Waals surface area contributed by atoms with Gasteiger partial charge in [0.2, 0.25) is 0 Å². The topological polar surface area (TPSA) is 3.24 Å². The van der Waals surface area contributed by atoms with Gasteiger partial charge in [-0.25, -0.2) is 0 Å². The van der Waals surface area contributed by atoms with Gasteiger partial charge in [0.1, 0.15) is 7.85 Å². The minimum absolute atomic E-state index is 0.761. The highest BCUT2D eigenvalue weighted by molar-refractivity contribution is 6.41. The van der Waals surface area contributed by atoms with Crippen LogP contribution >= 0.6 is 11.6 Å². The molecule has 0 saturated carbocycles. The van der Waals surface area contributed by atoms with Crippen molar-refractivity contribution < 1.29 is 0 Å². The highest BCUT2D eigenvalue weighted by Crippen LogP contribution is 2.23. The smallest absolute Gasteiger partial charge is 0.116 e. The van der Waals surface area contributed by atoms with Gasteiger partial charge in [0, 0.05) is 18.8 Å². The molecule has 0 heterocycles. The molecule has 1 aromatic carbocycles. The Hall–Kier alpha value is -0.625. The summed E-state index contributed by atoms with van der Waals surface area (Å²) in [5.41, 5.74) is 1.79. The van der Waals surface area contributed by atoms with E-state index in [4.69, 9.17) is 19.4 Å². The van der Waals surface area contributed by atoms with E-state index in [0.717, 1.165) is 29.3 Å². The molecule has 0 unspecified atom stereocenters. The van der Waals surface area contributed by atoms with Crippen LogP contribution in [-0.2, 0) is 0 Å². The van der Waals surface area contributed by atoms with Crippen LogP contribution in [0, 0.1) is 0 Å². The summed E-state index contributed by atoms with van der Waals surface area (Å²) >= 11 is 6.26. The number of halogens is 1. The fourth-order valence-electron chi connectivity index (χ4n) is 1.90. The van der Waals surface area contributed by atoms with Crippen molar-refractivity contribution in [3.05, 3.63) is 23.2 Å². The highest BCUT2D eigenvalue weighted by Gasteiger charge is 2.11. The van der Waals surface area contributed by atoms with Crippen molar-refractivity contribution in [3.63, 3.8) is 0 Å². The second kappa shape index (κ2) is 7.65. The summed E-state index contributed by atoms with van der Waals surface area (Å²) in [6.07, 6.45) is 4.72. The summed E-state index contributed by atoms with van der Waals surface area (Å²) in [6.45, 7) is 6.47. The third-order valence-electron chi connectivity index (χ3n) is 2.90. The van der Waals surface area contributed by atoms with Crippen LogP contribution in [0.15, 0.2) is 18.2 Å². The number of nitrogens with zero attached hydrogens (tertiary/aromatic N) is 1. The molecule has 0 saturated heterocycles. The maximum Gasteiger partial charge on any atom is 0.116 e. The minimum Gasteiger partial charge on any atom is -0.371 e. The molecular weight excluding hydrogens is 228 g/mol. The average Bonchev–Trinajstić information content (AvgIpc) is 2.31. The largest absolute Gasteiger partial charge is 0.371 e. The zero-order valence-corrected chi connectivity index (χ0v) is 11.6. The average molecular weight is 250 g/mol. The number of unbranched alkanes of at least 4 members (excludes halogenated alkanes) is 2. The van der Waals surface area contributed by atoms with Gasteiger partial charge in [-0.2, -0.15) is 0 Å². The lowest BCUT2D eigenvalue weighted by Crippen LogP contribution is -2.30. The van der Waals surface area contributed by atoms with Crippen LogP contribution in [-0.4, -0.2) is 20.9 Å². The molecule has 2 radical (unpaired) electrons. The fraction of sp³-hybridized carbons (Fsp3) is 0.571. The van der Waals surface area contributed by atoms with E-state index < -0.39 is 0 Å². The molecule has 0 atom stereocenters. The molecule has 17 heavy (non-hydrogen) atoms. The van der Waals surface area contributed by atoms with Gasteiger partial charge in [0.25, 0.3) is 0 Å². The van der Waals surface area contributed by atoms with Crippen LogP contribution in [0.1, 0.15) is 39.5 Å². The first-order chi connectivity index (χ1) is 8.20. The molecule has 1 aromatic rings. The van der Waals surface area contributed by atoms with E-state index in [-0.39, 0.29) is 0 Å². The summed E-state index contributed by atoms with van der Waals surface area (Å²) < 4.78 is 0. The molecule has 0 aliphatic carbocycles. The van der Waals surface area contributed by atoms with Gasteiger partial charge in [-0.3, -0.25) is 0 Å². The van der Waals surface area contributed by atoms with Crippen molar-refractivity contribution in [2.75, 3.05) is 18.0 Å². The van der Waals surface area contributed by atoms with Crippen molar-refractivity contribution >= 4 is 30.6 Å². The Morgan fingerprint density at radius 3 is 2.18 bits per heavy atom. The number of hydrogen-bond donors (Lipinski definition) is 0. The van der Waals surface area contributed by atoms with Crippen molar-refractivity contribution in [2.45, 2.75) is 39.5 Å². The number of benzene rings is 1. The number of hydrogen-bond acceptors (Lipinski definition) is 1. The summed E-state index contributed by atoms with van der Waals surface area (Å²) in [5, 5.41) is 0.761. The fourth-order valence-corrected chi connectivity index (χ4v) is 2.20. The molecule has 1 rings (SSSR count). The Labute approximate surface area is 112 Å². The van der Waals surface area contributed by atoms with E-state index in [1.807, 2.05) is 18.2 Å². The van der Waals surface area contributed by atoms with Crippen molar-refractivity contribution in [1.82, 2.24) is 0 Å². The van der Waals surface area contributed by atoms with Gasteiger partial charge in [0.15, 0.2) is 0 Å². The summed E-state index contributed by atoms with van der Waals surface area (Å²) in [4.78, 5) is 2.32. The molecular formula is C14H21BClN. The first-order valence-corrected chi connectivity index (χ1v) is 6.87. The van der Waals surface area contributed by atoms with Gasteiger partial charge in [-0.15, -0.1) is 0 Å². The number of anilines is 1. The molecule has 1 nitrogen and oxygen atoms in total. The summed E-state index contributed by atoms with van der Waals surface area (Å²) in [5.74, 6) is 0. The third-order valence-corrected chi connectivity index (χ3v) is 3.20. The third kappa shape index (κ3) is 4.27. The van der Waals surface area contributed by atoms with Crippen LogP contribution < -0.4 is 10.4 Å². The van der Waals surface area contributed by atoms with Crippen molar-refractivity contribution in [3.8, 4) is 0 Å². The van der Waals surface area contributed by atoms with E-state index >= 15 is 0 Å². The molecule has 0 spiro atoms. The monoisotopic (exact) mass is 249 g/mol. The van der Waals surface area contributed by atoms with Gasteiger partial charge >= 0.3 is 0 Å². The van der Waals surface area contributed by atoms with Crippen molar-refractivity contribution in [2.24, 2.45) is 0 Å². The predicted molar refractivity (Wildman–Crippen MR) is 78.9 cm³/mol. The molecule has 0 fully saturated rings.